The lowest BCUT2D eigenvalue weighted by Crippen LogP contribution is -2.35. The lowest BCUT2D eigenvalue weighted by molar-refractivity contribution is 0.283. The summed E-state index contributed by atoms with van der Waals surface area (Å²) in [4.78, 5) is 7.42. The molecule has 0 saturated heterocycles. The second-order valence-corrected chi connectivity index (χ2v) is 8.71. The summed E-state index contributed by atoms with van der Waals surface area (Å²) >= 11 is 0. The second kappa shape index (κ2) is 10.8. The molecule has 1 N–H and O–H groups in total. The molecule has 1 atom stereocenters. The number of nitrogens with one attached hydrogen (secondary N) is 1. The molecule has 2 aromatic rings. The molecular formula is C28H37N3O. The van der Waals surface area contributed by atoms with Crippen LogP contribution in [-0.2, 0) is 0 Å². The minimum atomic E-state index is 0.256. The zero-order chi connectivity index (χ0) is 22.3. The number of hydrogen-bond acceptors (Lipinski definition) is 4. The molecule has 0 radical (unpaired) electrons. The van der Waals surface area contributed by atoms with Crippen LogP contribution in [0.5, 0.6) is 5.75 Å². The fraction of sp³-hybridized carbons (Fsp3) is 0.464. The summed E-state index contributed by atoms with van der Waals surface area (Å²) in [5.74, 6) is 1.71. The van der Waals surface area contributed by atoms with Crippen molar-refractivity contribution >= 4 is 27.9 Å². The number of ether oxygens (including phenoxy) is 1. The monoisotopic (exact) mass is 431 g/mol. The number of allylic oxidation sites excluding steroid dienone is 1. The van der Waals surface area contributed by atoms with Crippen molar-refractivity contribution in [3.8, 4) is 5.75 Å². The van der Waals surface area contributed by atoms with Gasteiger partial charge in [0.1, 0.15) is 11.4 Å². The van der Waals surface area contributed by atoms with Gasteiger partial charge in [-0.2, -0.15) is 0 Å². The summed E-state index contributed by atoms with van der Waals surface area (Å²) in [7, 11) is 0. The maximum atomic E-state index is 6.44. The van der Waals surface area contributed by atoms with Crippen molar-refractivity contribution < 1.29 is 4.74 Å². The van der Waals surface area contributed by atoms with E-state index < -0.39 is 0 Å². The first-order valence-corrected chi connectivity index (χ1v) is 12.5. The number of benzene rings is 2. The van der Waals surface area contributed by atoms with E-state index in [9.17, 15) is 0 Å². The maximum absolute atomic E-state index is 6.44. The largest absolute Gasteiger partial charge is 0.453 e. The van der Waals surface area contributed by atoms with Crippen LogP contribution in [0.25, 0.3) is 10.8 Å². The van der Waals surface area contributed by atoms with E-state index in [1.54, 1.807) is 0 Å². The van der Waals surface area contributed by atoms with Crippen LogP contribution in [0, 0.1) is 0 Å². The molecule has 32 heavy (non-hydrogen) atoms. The molecule has 1 heterocycles. The van der Waals surface area contributed by atoms with Gasteiger partial charge in [0.05, 0.1) is 6.04 Å². The lowest BCUT2D eigenvalue weighted by Gasteiger charge is -2.29. The van der Waals surface area contributed by atoms with Gasteiger partial charge in [-0.05, 0) is 31.7 Å². The third-order valence-corrected chi connectivity index (χ3v) is 6.54. The van der Waals surface area contributed by atoms with Crippen LogP contribution < -0.4 is 10.1 Å². The van der Waals surface area contributed by atoms with Crippen molar-refractivity contribution in [2.24, 2.45) is 4.99 Å². The number of aliphatic imine (C=N–C) groups is 1. The van der Waals surface area contributed by atoms with Crippen molar-refractivity contribution in [3.05, 3.63) is 54.3 Å². The van der Waals surface area contributed by atoms with Gasteiger partial charge in [-0.25, -0.2) is 4.99 Å². The Balaban J connectivity index is 1.56. The molecule has 2 aliphatic rings. The molecular weight excluding hydrogens is 394 g/mol. The molecule has 0 spiro atoms. The number of fused-ring (bicyclic) bond motifs is 4. The number of likely N-dealkylation sites (N-methyl/N-ethyl adjacent to an activating group) is 1. The molecule has 4 nitrogen and oxygen atoms in total. The highest BCUT2D eigenvalue weighted by Gasteiger charge is 2.25. The van der Waals surface area contributed by atoms with Crippen molar-refractivity contribution in [2.75, 3.05) is 25.0 Å². The first kappa shape index (κ1) is 22.6. The van der Waals surface area contributed by atoms with Gasteiger partial charge in [0.2, 0.25) is 0 Å². The standard InChI is InChI=1S/C28H37N3O/c1-4-7-8-9-10-13-18-29-25-20-27-28(23-15-12-11-14-22(23)25)30-24-17-16-21(19-26(24)32-27)31(5-2)6-3/h11-12,14-17,19-21,29H,4-10,13,18H2,1-3H3. The average Bonchev–Trinajstić information content (AvgIpc) is 2.83. The molecule has 1 unspecified atom stereocenters. The van der Waals surface area contributed by atoms with Crippen LogP contribution in [-0.4, -0.2) is 36.3 Å². The Labute approximate surface area is 193 Å². The molecule has 1 aliphatic carbocycles. The van der Waals surface area contributed by atoms with Crippen molar-refractivity contribution in [3.63, 3.8) is 0 Å². The smallest absolute Gasteiger partial charge is 0.155 e. The Morgan fingerprint density at radius 1 is 0.969 bits per heavy atom. The molecule has 0 bridgehead atoms. The van der Waals surface area contributed by atoms with Gasteiger partial charge in [-0.3, -0.25) is 4.90 Å². The maximum Gasteiger partial charge on any atom is 0.155 e. The third kappa shape index (κ3) is 4.91. The fourth-order valence-corrected chi connectivity index (χ4v) is 4.66. The predicted octanol–water partition coefficient (Wildman–Crippen LogP) is 7.24. The summed E-state index contributed by atoms with van der Waals surface area (Å²) in [6, 6.07) is 10.9. The molecule has 0 amide bonds. The number of nitrogens with zero attached hydrogens (tertiary/aromatic N) is 2. The summed E-state index contributed by atoms with van der Waals surface area (Å²) in [6.07, 6.45) is 14.3. The first-order valence-electron chi connectivity index (χ1n) is 12.5. The van der Waals surface area contributed by atoms with Crippen molar-refractivity contribution in [1.29, 1.82) is 0 Å². The number of unbranched alkanes of at least 4 members (excludes halogenated alkanes) is 5. The molecule has 1 aliphatic heterocycles. The van der Waals surface area contributed by atoms with Gasteiger partial charge >= 0.3 is 0 Å². The third-order valence-electron chi connectivity index (χ3n) is 6.54. The van der Waals surface area contributed by atoms with Gasteiger partial charge in [-0.1, -0.05) is 83.2 Å². The van der Waals surface area contributed by atoms with Crippen LogP contribution in [0.15, 0.2) is 59.3 Å². The summed E-state index contributed by atoms with van der Waals surface area (Å²) < 4.78 is 6.44. The first-order chi connectivity index (χ1) is 15.7. The van der Waals surface area contributed by atoms with Crippen LogP contribution >= 0.6 is 0 Å². The van der Waals surface area contributed by atoms with E-state index in [-0.39, 0.29) is 6.04 Å². The molecule has 0 aromatic heterocycles. The normalized spacial score (nSPS) is 16.9. The summed E-state index contributed by atoms with van der Waals surface area (Å²) in [6.45, 7) is 9.67. The van der Waals surface area contributed by atoms with Gasteiger partial charge < -0.3 is 10.1 Å². The Bertz CT molecular complexity index is 1020. The Morgan fingerprint density at radius 3 is 2.50 bits per heavy atom. The van der Waals surface area contributed by atoms with E-state index >= 15 is 0 Å². The Hall–Kier alpha value is -2.59. The summed E-state index contributed by atoms with van der Waals surface area (Å²) in [5.41, 5.74) is 2.99. The topological polar surface area (TPSA) is 36.9 Å². The highest BCUT2D eigenvalue weighted by atomic mass is 16.5. The summed E-state index contributed by atoms with van der Waals surface area (Å²) in [5, 5.41) is 6.02. The second-order valence-electron chi connectivity index (χ2n) is 8.71. The van der Waals surface area contributed by atoms with Gasteiger partial charge in [0.15, 0.2) is 11.5 Å². The molecule has 4 rings (SSSR count). The van der Waals surface area contributed by atoms with E-state index in [0.717, 1.165) is 53.6 Å². The molecule has 0 fully saturated rings. The number of anilines is 1. The Morgan fingerprint density at radius 2 is 1.72 bits per heavy atom. The van der Waals surface area contributed by atoms with Gasteiger partial charge in [-0.15, -0.1) is 0 Å². The molecule has 0 saturated carbocycles. The van der Waals surface area contributed by atoms with Gasteiger partial charge in [0, 0.05) is 29.1 Å². The van der Waals surface area contributed by atoms with Crippen LogP contribution in [0.4, 0.5) is 11.4 Å². The molecule has 4 heteroatoms. The van der Waals surface area contributed by atoms with Crippen LogP contribution in [0.2, 0.25) is 0 Å². The number of hydrogen-bond donors (Lipinski definition) is 1. The van der Waals surface area contributed by atoms with Crippen molar-refractivity contribution in [2.45, 2.75) is 65.3 Å². The highest BCUT2D eigenvalue weighted by Crippen LogP contribution is 2.44. The minimum absolute atomic E-state index is 0.256. The average molecular weight is 432 g/mol. The van der Waals surface area contributed by atoms with E-state index in [4.69, 9.17) is 9.73 Å². The van der Waals surface area contributed by atoms with E-state index in [1.165, 1.54) is 43.9 Å². The quantitative estimate of drug-likeness (QED) is 0.381. The van der Waals surface area contributed by atoms with E-state index in [2.05, 4.69) is 79.5 Å². The van der Waals surface area contributed by atoms with Gasteiger partial charge in [0.25, 0.3) is 0 Å². The van der Waals surface area contributed by atoms with Crippen molar-refractivity contribution in [1.82, 2.24) is 4.90 Å². The SMILES string of the molecule is CCCCCCCCNc1cc2c(c3ccccc13)N=C1C=CC(N(CC)CC)C=C1O2. The predicted molar refractivity (Wildman–Crippen MR) is 137 cm³/mol. The van der Waals surface area contributed by atoms with Crippen LogP contribution in [0.1, 0.15) is 59.3 Å². The zero-order valence-electron chi connectivity index (χ0n) is 19.9. The Kier molecular flexibility index (Phi) is 7.64. The van der Waals surface area contributed by atoms with E-state index in [0.29, 0.717) is 0 Å². The molecule has 2 aromatic carbocycles. The molecule has 170 valence electrons. The zero-order valence-corrected chi connectivity index (χ0v) is 19.9. The van der Waals surface area contributed by atoms with Crippen LogP contribution in [0.3, 0.4) is 0 Å². The van der Waals surface area contributed by atoms with E-state index in [1.807, 2.05) is 0 Å². The number of rotatable bonds is 11. The lowest BCUT2D eigenvalue weighted by atomic mass is 10.0. The fourth-order valence-electron chi connectivity index (χ4n) is 4.66. The highest BCUT2D eigenvalue weighted by molar-refractivity contribution is 6.14. The minimum Gasteiger partial charge on any atom is -0.453 e.